The van der Waals surface area contributed by atoms with Crippen LogP contribution in [-0.2, 0) is 10.0 Å². The first kappa shape index (κ1) is 14.2. The molecule has 0 fully saturated rings. The highest BCUT2D eigenvalue weighted by Gasteiger charge is 2.15. The Balaban J connectivity index is 2.18. The Morgan fingerprint density at radius 2 is 1.85 bits per heavy atom. The second kappa shape index (κ2) is 5.83. The molecule has 1 N–H and O–H groups in total. The van der Waals surface area contributed by atoms with E-state index in [1.54, 1.807) is 43.6 Å². The maximum absolute atomic E-state index is 12.1. The summed E-state index contributed by atoms with van der Waals surface area (Å²) in [4.78, 5) is 6.31. The molecule has 0 radical (unpaired) electrons. The third-order valence-electron chi connectivity index (χ3n) is 2.71. The average Bonchev–Trinajstić information content (AvgIpc) is 2.39. The van der Waals surface area contributed by atoms with Gasteiger partial charge in [-0.1, -0.05) is 17.7 Å². The van der Waals surface area contributed by atoms with Crippen LogP contribution < -0.4 is 4.83 Å². The fourth-order valence-corrected chi connectivity index (χ4v) is 2.79. The van der Waals surface area contributed by atoms with Crippen LogP contribution in [-0.4, -0.2) is 19.6 Å². The lowest BCUT2D eigenvalue weighted by Gasteiger charge is -2.07. The molecule has 0 aliphatic carbocycles. The highest BCUT2D eigenvalue weighted by atomic mass is 32.2. The first-order valence-corrected chi connectivity index (χ1v) is 7.49. The number of nitrogens with zero attached hydrogens (tertiary/aromatic N) is 2. The molecular weight excluding hydrogens is 274 g/mol. The molecule has 0 saturated heterocycles. The zero-order valence-corrected chi connectivity index (χ0v) is 12.1. The molecule has 0 bridgehead atoms. The summed E-state index contributed by atoms with van der Waals surface area (Å²) in [5.74, 6) is 0. The Bertz CT molecular complexity index is 725. The molecule has 104 valence electrons. The number of pyridine rings is 1. The lowest BCUT2D eigenvalue weighted by Crippen LogP contribution is -2.19. The molecule has 20 heavy (non-hydrogen) atoms. The van der Waals surface area contributed by atoms with E-state index in [2.05, 4.69) is 14.9 Å². The Morgan fingerprint density at radius 3 is 2.50 bits per heavy atom. The number of hydrogen-bond acceptors (Lipinski definition) is 4. The lowest BCUT2D eigenvalue weighted by molar-refractivity contribution is 0.584. The van der Waals surface area contributed by atoms with Gasteiger partial charge in [0.25, 0.3) is 10.0 Å². The van der Waals surface area contributed by atoms with Crippen LogP contribution in [0.5, 0.6) is 0 Å². The van der Waals surface area contributed by atoms with E-state index in [0.29, 0.717) is 5.56 Å². The maximum Gasteiger partial charge on any atom is 0.276 e. The van der Waals surface area contributed by atoms with Gasteiger partial charge in [0.15, 0.2) is 0 Å². The molecule has 2 aromatic rings. The van der Waals surface area contributed by atoms with Crippen LogP contribution in [0.15, 0.2) is 52.7 Å². The standard InChI is InChI=1S/C14H15N3O2S/c1-11-3-4-14(12(2)9-11)20(18,19)17-16-10-13-5-7-15-8-6-13/h3-10,17H,1-2H3/b16-10+. The van der Waals surface area contributed by atoms with Crippen molar-refractivity contribution in [3.63, 3.8) is 0 Å². The smallest absolute Gasteiger partial charge is 0.265 e. The Labute approximate surface area is 118 Å². The summed E-state index contributed by atoms with van der Waals surface area (Å²) >= 11 is 0. The van der Waals surface area contributed by atoms with E-state index in [0.717, 1.165) is 11.1 Å². The van der Waals surface area contributed by atoms with E-state index < -0.39 is 10.0 Å². The second-order valence-electron chi connectivity index (χ2n) is 4.40. The molecule has 0 amide bonds. The third-order valence-corrected chi connectivity index (χ3v) is 4.10. The minimum Gasteiger partial charge on any atom is -0.265 e. The topological polar surface area (TPSA) is 71.4 Å². The molecule has 2 rings (SSSR count). The van der Waals surface area contributed by atoms with Crippen LogP contribution >= 0.6 is 0 Å². The molecule has 0 unspecified atom stereocenters. The van der Waals surface area contributed by atoms with Crippen LogP contribution in [0.3, 0.4) is 0 Å². The zero-order chi connectivity index (χ0) is 14.6. The van der Waals surface area contributed by atoms with Crippen molar-refractivity contribution >= 4 is 16.2 Å². The second-order valence-corrected chi connectivity index (χ2v) is 6.03. The highest BCUT2D eigenvalue weighted by molar-refractivity contribution is 7.89. The maximum atomic E-state index is 12.1. The van der Waals surface area contributed by atoms with Crippen LogP contribution in [0, 0.1) is 13.8 Å². The van der Waals surface area contributed by atoms with Crippen molar-refractivity contribution in [1.82, 2.24) is 9.82 Å². The van der Waals surface area contributed by atoms with Gasteiger partial charge < -0.3 is 0 Å². The molecule has 1 aromatic carbocycles. The van der Waals surface area contributed by atoms with Crippen molar-refractivity contribution in [3.05, 3.63) is 59.4 Å². The molecule has 1 aromatic heterocycles. The number of rotatable bonds is 4. The number of sulfonamides is 1. The summed E-state index contributed by atoms with van der Waals surface area (Å²) < 4.78 is 24.2. The van der Waals surface area contributed by atoms with Crippen LogP contribution in [0.25, 0.3) is 0 Å². The predicted molar refractivity (Wildman–Crippen MR) is 78.1 cm³/mol. The number of hydrazone groups is 1. The number of benzene rings is 1. The number of nitrogens with one attached hydrogen (secondary N) is 1. The fraction of sp³-hybridized carbons (Fsp3) is 0.143. The molecule has 6 heteroatoms. The van der Waals surface area contributed by atoms with Gasteiger partial charge in [0, 0.05) is 12.4 Å². The zero-order valence-electron chi connectivity index (χ0n) is 11.2. The van der Waals surface area contributed by atoms with Crippen LogP contribution in [0.1, 0.15) is 16.7 Å². The monoisotopic (exact) mass is 289 g/mol. The SMILES string of the molecule is Cc1ccc(S(=O)(=O)N/N=C/c2ccncc2)c(C)c1. The number of aryl methyl sites for hydroxylation is 2. The van der Waals surface area contributed by atoms with E-state index in [1.807, 2.05) is 13.0 Å². The van der Waals surface area contributed by atoms with Crippen molar-refractivity contribution in [3.8, 4) is 0 Å². The van der Waals surface area contributed by atoms with Crippen molar-refractivity contribution < 1.29 is 8.42 Å². The molecular formula is C14H15N3O2S. The molecule has 0 atom stereocenters. The normalized spacial score (nSPS) is 11.7. The Morgan fingerprint density at radius 1 is 1.15 bits per heavy atom. The molecule has 0 spiro atoms. The fourth-order valence-electron chi connectivity index (χ4n) is 1.77. The molecule has 5 nitrogen and oxygen atoms in total. The minimum absolute atomic E-state index is 0.231. The van der Waals surface area contributed by atoms with Crippen LogP contribution in [0.4, 0.5) is 0 Å². The Kier molecular flexibility index (Phi) is 4.14. The van der Waals surface area contributed by atoms with Gasteiger partial charge in [0.05, 0.1) is 11.1 Å². The van der Waals surface area contributed by atoms with Gasteiger partial charge in [-0.15, -0.1) is 0 Å². The number of aromatic nitrogens is 1. The quantitative estimate of drug-likeness (QED) is 0.691. The molecule has 0 aliphatic heterocycles. The Hall–Kier alpha value is -2.21. The average molecular weight is 289 g/mol. The van der Waals surface area contributed by atoms with Crippen LogP contribution in [0.2, 0.25) is 0 Å². The van der Waals surface area contributed by atoms with Gasteiger partial charge >= 0.3 is 0 Å². The summed E-state index contributed by atoms with van der Waals surface area (Å²) in [6.07, 6.45) is 4.66. The van der Waals surface area contributed by atoms with Gasteiger partial charge in [0.2, 0.25) is 0 Å². The van der Waals surface area contributed by atoms with Crippen molar-refractivity contribution in [2.75, 3.05) is 0 Å². The van der Waals surface area contributed by atoms with Crippen molar-refractivity contribution in [2.24, 2.45) is 5.10 Å². The highest BCUT2D eigenvalue weighted by Crippen LogP contribution is 2.16. The van der Waals surface area contributed by atoms with Gasteiger partial charge in [-0.25, -0.2) is 4.83 Å². The molecule has 0 saturated carbocycles. The lowest BCUT2D eigenvalue weighted by atomic mass is 10.2. The predicted octanol–water partition coefficient (Wildman–Crippen LogP) is 2.01. The van der Waals surface area contributed by atoms with Crippen molar-refractivity contribution in [1.29, 1.82) is 0 Å². The summed E-state index contributed by atoms with van der Waals surface area (Å²) in [5, 5.41) is 3.76. The van der Waals surface area contributed by atoms with E-state index in [-0.39, 0.29) is 4.90 Å². The van der Waals surface area contributed by atoms with Gasteiger partial charge in [0.1, 0.15) is 0 Å². The van der Waals surface area contributed by atoms with Gasteiger partial charge in [-0.05, 0) is 43.2 Å². The molecule has 1 heterocycles. The first-order valence-electron chi connectivity index (χ1n) is 6.01. The summed E-state index contributed by atoms with van der Waals surface area (Å²) in [6.45, 7) is 3.67. The first-order chi connectivity index (χ1) is 9.49. The molecule has 0 aliphatic rings. The van der Waals surface area contributed by atoms with E-state index in [9.17, 15) is 8.42 Å². The summed E-state index contributed by atoms with van der Waals surface area (Å²) in [6, 6.07) is 8.62. The van der Waals surface area contributed by atoms with E-state index in [1.165, 1.54) is 6.21 Å². The third kappa shape index (κ3) is 3.42. The van der Waals surface area contributed by atoms with E-state index >= 15 is 0 Å². The minimum atomic E-state index is -3.64. The van der Waals surface area contributed by atoms with E-state index in [4.69, 9.17) is 0 Å². The van der Waals surface area contributed by atoms with Gasteiger partial charge in [-0.2, -0.15) is 13.5 Å². The number of hydrogen-bond donors (Lipinski definition) is 1. The summed E-state index contributed by atoms with van der Waals surface area (Å²) in [7, 11) is -3.64. The van der Waals surface area contributed by atoms with Crippen molar-refractivity contribution in [2.45, 2.75) is 18.7 Å². The summed E-state index contributed by atoms with van der Waals surface area (Å²) in [5.41, 5.74) is 2.47. The van der Waals surface area contributed by atoms with Gasteiger partial charge in [-0.3, -0.25) is 4.98 Å². The largest absolute Gasteiger partial charge is 0.276 e.